The third-order valence-corrected chi connectivity index (χ3v) is 4.82. The van der Waals surface area contributed by atoms with Gasteiger partial charge in [0.25, 0.3) is 0 Å². The van der Waals surface area contributed by atoms with Gasteiger partial charge in [0, 0.05) is 12.1 Å². The Bertz CT molecular complexity index is 1020. The summed E-state index contributed by atoms with van der Waals surface area (Å²) in [5, 5.41) is 19.2. The van der Waals surface area contributed by atoms with Crippen LogP contribution in [0.3, 0.4) is 0 Å². The van der Waals surface area contributed by atoms with Crippen LogP contribution in [0.25, 0.3) is 11.3 Å². The predicted molar refractivity (Wildman–Crippen MR) is 107 cm³/mol. The van der Waals surface area contributed by atoms with Gasteiger partial charge < -0.3 is 20.5 Å². The monoisotopic (exact) mass is 391 g/mol. The molecule has 148 valence electrons. The first-order chi connectivity index (χ1) is 14.2. The van der Waals surface area contributed by atoms with E-state index in [1.165, 1.54) is 12.4 Å². The molecule has 0 unspecified atom stereocenters. The molecule has 9 nitrogen and oxygen atoms in total. The Morgan fingerprint density at radius 1 is 1.24 bits per heavy atom. The molecule has 1 aliphatic rings. The van der Waals surface area contributed by atoms with Gasteiger partial charge in [0.2, 0.25) is 0 Å². The van der Waals surface area contributed by atoms with Crippen LogP contribution in [0, 0.1) is 17.2 Å². The molecule has 1 aromatic carbocycles. The quantitative estimate of drug-likeness (QED) is 0.559. The van der Waals surface area contributed by atoms with Crippen molar-refractivity contribution in [2.24, 2.45) is 11.7 Å². The molecule has 0 amide bonds. The lowest BCUT2D eigenvalue weighted by Gasteiger charge is -2.32. The number of rotatable bonds is 7. The topological polar surface area (TPSA) is 135 Å². The van der Waals surface area contributed by atoms with Crippen LogP contribution < -0.4 is 20.5 Å². The summed E-state index contributed by atoms with van der Waals surface area (Å²) in [5.41, 5.74) is 7.66. The third kappa shape index (κ3) is 4.12. The van der Waals surface area contributed by atoms with Crippen molar-refractivity contribution in [1.82, 2.24) is 20.2 Å². The SMILES string of the molecule is COc1cccc(OC[C@H]2C[C@@H](N)C2)c1-c1cc(Nc2cnc(C#N)cn2)n[nH]1. The molecule has 0 bridgehead atoms. The Balaban J connectivity index is 1.54. The smallest absolute Gasteiger partial charge is 0.158 e. The number of H-pyrrole nitrogens is 1. The summed E-state index contributed by atoms with van der Waals surface area (Å²) in [6.07, 6.45) is 4.86. The fourth-order valence-corrected chi connectivity index (χ4v) is 3.29. The number of methoxy groups -OCH3 is 1. The van der Waals surface area contributed by atoms with E-state index in [0.29, 0.717) is 36.0 Å². The van der Waals surface area contributed by atoms with Gasteiger partial charge in [-0.05, 0) is 30.9 Å². The zero-order chi connectivity index (χ0) is 20.2. The zero-order valence-corrected chi connectivity index (χ0v) is 15.9. The molecule has 0 radical (unpaired) electrons. The van der Waals surface area contributed by atoms with E-state index < -0.39 is 0 Å². The number of hydrogen-bond acceptors (Lipinski definition) is 8. The van der Waals surface area contributed by atoms with E-state index in [1.54, 1.807) is 7.11 Å². The van der Waals surface area contributed by atoms with Crippen LogP contribution in [0.4, 0.5) is 11.6 Å². The summed E-state index contributed by atoms with van der Waals surface area (Å²) in [4.78, 5) is 8.13. The van der Waals surface area contributed by atoms with E-state index in [2.05, 4.69) is 25.5 Å². The van der Waals surface area contributed by atoms with E-state index in [1.807, 2.05) is 30.3 Å². The number of benzene rings is 1. The molecule has 0 atom stereocenters. The van der Waals surface area contributed by atoms with Gasteiger partial charge in [-0.3, -0.25) is 5.10 Å². The van der Waals surface area contributed by atoms with Crippen molar-refractivity contribution in [3.05, 3.63) is 42.4 Å². The lowest BCUT2D eigenvalue weighted by Crippen LogP contribution is -2.39. The third-order valence-electron chi connectivity index (χ3n) is 4.82. The van der Waals surface area contributed by atoms with Gasteiger partial charge >= 0.3 is 0 Å². The fraction of sp³-hybridized carbons (Fsp3) is 0.300. The second kappa shape index (κ2) is 8.16. The van der Waals surface area contributed by atoms with Crippen molar-refractivity contribution >= 4 is 11.6 Å². The average Bonchev–Trinajstić information content (AvgIpc) is 3.18. The number of ether oxygens (including phenoxy) is 2. The van der Waals surface area contributed by atoms with Gasteiger partial charge in [-0.1, -0.05) is 6.07 Å². The van der Waals surface area contributed by atoms with Crippen molar-refractivity contribution in [3.63, 3.8) is 0 Å². The highest BCUT2D eigenvalue weighted by atomic mass is 16.5. The van der Waals surface area contributed by atoms with Crippen LogP contribution in [0.1, 0.15) is 18.5 Å². The number of nitrogens with one attached hydrogen (secondary N) is 2. The van der Waals surface area contributed by atoms with Crippen molar-refractivity contribution in [2.45, 2.75) is 18.9 Å². The maximum atomic E-state index is 8.81. The highest BCUT2D eigenvalue weighted by molar-refractivity contribution is 5.76. The van der Waals surface area contributed by atoms with Crippen LogP contribution >= 0.6 is 0 Å². The molecule has 4 N–H and O–H groups in total. The number of hydrogen-bond donors (Lipinski definition) is 3. The molecule has 0 aliphatic heterocycles. The van der Waals surface area contributed by atoms with E-state index in [0.717, 1.165) is 29.8 Å². The van der Waals surface area contributed by atoms with Crippen LogP contribution in [0.15, 0.2) is 36.7 Å². The standard InChI is InChI=1S/C20H21N7O2/c1-28-16-3-2-4-17(29-11-12-5-13(22)6-12)20(16)15-7-18(27-26-15)25-19-10-23-14(8-21)9-24-19/h2-4,7,9-10,12-13H,5-6,11,22H2,1H3,(H2,24,25,26,27)/t12-,13+. The second-order valence-corrected chi connectivity index (χ2v) is 6.93. The van der Waals surface area contributed by atoms with E-state index in [-0.39, 0.29) is 5.69 Å². The van der Waals surface area contributed by atoms with E-state index in [9.17, 15) is 0 Å². The summed E-state index contributed by atoms with van der Waals surface area (Å²) in [5.74, 6) is 2.93. The predicted octanol–water partition coefficient (Wildman–Crippen LogP) is 2.61. The molecule has 1 aliphatic carbocycles. The maximum Gasteiger partial charge on any atom is 0.158 e. The van der Waals surface area contributed by atoms with E-state index in [4.69, 9.17) is 20.5 Å². The summed E-state index contributed by atoms with van der Waals surface area (Å²) in [6.45, 7) is 0.619. The molecule has 1 fully saturated rings. The Hall–Kier alpha value is -3.64. The molecule has 0 spiro atoms. The van der Waals surface area contributed by atoms with Gasteiger partial charge in [-0.2, -0.15) is 10.4 Å². The van der Waals surface area contributed by atoms with Crippen LogP contribution in [-0.2, 0) is 0 Å². The minimum atomic E-state index is 0.251. The number of nitrogens with zero attached hydrogens (tertiary/aromatic N) is 4. The van der Waals surface area contributed by atoms with Crippen molar-refractivity contribution < 1.29 is 9.47 Å². The summed E-state index contributed by atoms with van der Waals surface area (Å²) >= 11 is 0. The molecular weight excluding hydrogens is 370 g/mol. The lowest BCUT2D eigenvalue weighted by molar-refractivity contribution is 0.160. The average molecular weight is 391 g/mol. The number of anilines is 2. The van der Waals surface area contributed by atoms with Gasteiger partial charge in [0.1, 0.15) is 23.4 Å². The summed E-state index contributed by atoms with van der Waals surface area (Å²) in [6, 6.07) is 9.75. The van der Waals surface area contributed by atoms with Gasteiger partial charge in [0.15, 0.2) is 11.5 Å². The molecule has 4 rings (SSSR count). The Labute approximate surface area is 167 Å². The first kappa shape index (κ1) is 18.7. The van der Waals surface area contributed by atoms with Gasteiger partial charge in [-0.25, -0.2) is 9.97 Å². The van der Waals surface area contributed by atoms with E-state index >= 15 is 0 Å². The van der Waals surface area contributed by atoms with Crippen LogP contribution in [0.5, 0.6) is 11.5 Å². The minimum absolute atomic E-state index is 0.251. The molecule has 0 saturated heterocycles. The van der Waals surface area contributed by atoms with Crippen LogP contribution in [0.2, 0.25) is 0 Å². The molecule has 3 aromatic rings. The normalized spacial score (nSPS) is 17.8. The summed E-state index contributed by atoms with van der Waals surface area (Å²) < 4.78 is 11.6. The van der Waals surface area contributed by atoms with Gasteiger partial charge in [0.05, 0.1) is 37.4 Å². The Morgan fingerprint density at radius 2 is 2.07 bits per heavy atom. The summed E-state index contributed by atoms with van der Waals surface area (Å²) in [7, 11) is 1.62. The fourth-order valence-electron chi connectivity index (χ4n) is 3.29. The Morgan fingerprint density at radius 3 is 2.76 bits per heavy atom. The maximum absolute atomic E-state index is 8.81. The molecule has 1 saturated carbocycles. The van der Waals surface area contributed by atoms with Gasteiger partial charge in [-0.15, -0.1) is 0 Å². The number of aromatic amines is 1. The number of nitriles is 1. The zero-order valence-electron chi connectivity index (χ0n) is 15.9. The van der Waals surface area contributed by atoms with Crippen molar-refractivity contribution in [2.75, 3.05) is 19.0 Å². The van der Waals surface area contributed by atoms with Crippen molar-refractivity contribution in [3.8, 4) is 28.8 Å². The molecule has 2 heterocycles. The molecule has 9 heteroatoms. The molecular formula is C20H21N7O2. The first-order valence-corrected chi connectivity index (χ1v) is 9.26. The largest absolute Gasteiger partial charge is 0.496 e. The first-order valence-electron chi connectivity index (χ1n) is 9.26. The Kier molecular flexibility index (Phi) is 5.27. The molecule has 29 heavy (non-hydrogen) atoms. The highest BCUT2D eigenvalue weighted by Gasteiger charge is 2.27. The molecule has 2 aromatic heterocycles. The minimum Gasteiger partial charge on any atom is -0.496 e. The number of aromatic nitrogens is 4. The second-order valence-electron chi connectivity index (χ2n) is 6.93. The lowest BCUT2D eigenvalue weighted by atomic mass is 9.81. The van der Waals surface area contributed by atoms with Crippen molar-refractivity contribution in [1.29, 1.82) is 5.26 Å². The van der Waals surface area contributed by atoms with Crippen LogP contribution in [-0.4, -0.2) is 39.9 Å². The highest BCUT2D eigenvalue weighted by Crippen LogP contribution is 2.39. The number of nitrogens with two attached hydrogens (primary N) is 1.